The molecule has 6 heteroatoms. The van der Waals surface area contributed by atoms with Crippen LogP contribution in [0.3, 0.4) is 0 Å². The molecule has 21 heavy (non-hydrogen) atoms. The number of urea groups is 1. The zero-order chi connectivity index (χ0) is 16.4. The van der Waals surface area contributed by atoms with Gasteiger partial charge in [0.2, 0.25) is 0 Å². The van der Waals surface area contributed by atoms with Gasteiger partial charge in [-0.1, -0.05) is 13.8 Å². The van der Waals surface area contributed by atoms with Gasteiger partial charge in [0, 0.05) is 26.6 Å². The molecule has 0 radical (unpaired) electrons. The molecule has 0 saturated heterocycles. The summed E-state index contributed by atoms with van der Waals surface area (Å²) in [4.78, 5) is 24.3. The summed E-state index contributed by atoms with van der Waals surface area (Å²) in [6, 6.07) is -0.193. The summed E-state index contributed by atoms with van der Waals surface area (Å²) in [5.41, 5.74) is 0. The van der Waals surface area contributed by atoms with Crippen molar-refractivity contribution in [2.45, 2.75) is 46.6 Å². The molecule has 0 unspecified atom stereocenters. The third-order valence-corrected chi connectivity index (χ3v) is 3.03. The molecule has 0 spiro atoms. The third kappa shape index (κ3) is 11.1. The van der Waals surface area contributed by atoms with Gasteiger partial charge in [-0.15, -0.1) is 0 Å². The van der Waals surface area contributed by atoms with Gasteiger partial charge in [0.1, 0.15) is 0 Å². The number of carboxylic acid groups (broad SMARTS) is 1. The van der Waals surface area contributed by atoms with Crippen molar-refractivity contribution in [3.8, 4) is 0 Å². The van der Waals surface area contributed by atoms with E-state index in [1.54, 1.807) is 11.9 Å². The molecule has 0 aliphatic rings. The van der Waals surface area contributed by atoms with Crippen molar-refractivity contribution >= 4 is 12.0 Å². The molecule has 0 heterocycles. The van der Waals surface area contributed by atoms with E-state index >= 15 is 0 Å². The summed E-state index contributed by atoms with van der Waals surface area (Å²) in [6.45, 7) is 9.38. The van der Waals surface area contributed by atoms with Crippen LogP contribution in [0.5, 0.6) is 0 Å². The number of carbonyl (C=O) groups is 2. The lowest BCUT2D eigenvalue weighted by Gasteiger charge is -2.22. The van der Waals surface area contributed by atoms with Crippen molar-refractivity contribution in [3.05, 3.63) is 0 Å². The van der Waals surface area contributed by atoms with E-state index in [1.165, 1.54) is 0 Å². The number of ether oxygens (including phenoxy) is 1. The first-order valence-electron chi connectivity index (χ1n) is 7.54. The van der Waals surface area contributed by atoms with Crippen LogP contribution in [0.15, 0.2) is 0 Å². The Morgan fingerprint density at radius 1 is 1.24 bits per heavy atom. The van der Waals surface area contributed by atoms with E-state index in [2.05, 4.69) is 5.32 Å². The van der Waals surface area contributed by atoms with Crippen LogP contribution in [0.2, 0.25) is 0 Å². The lowest BCUT2D eigenvalue weighted by Crippen LogP contribution is -2.41. The Hall–Kier alpha value is -1.30. The second-order valence-electron chi connectivity index (χ2n) is 6.12. The molecule has 0 fully saturated rings. The van der Waals surface area contributed by atoms with Gasteiger partial charge in [0.15, 0.2) is 0 Å². The summed E-state index contributed by atoms with van der Waals surface area (Å²) >= 11 is 0. The normalized spacial score (nSPS) is 12.5. The summed E-state index contributed by atoms with van der Waals surface area (Å²) < 4.78 is 5.39. The Bertz CT molecular complexity index is 319. The van der Waals surface area contributed by atoms with Crippen LogP contribution >= 0.6 is 0 Å². The number of carbonyl (C=O) groups excluding carboxylic acids is 1. The van der Waals surface area contributed by atoms with Crippen LogP contribution in [-0.2, 0) is 9.53 Å². The van der Waals surface area contributed by atoms with Gasteiger partial charge in [0.05, 0.1) is 12.7 Å². The predicted octanol–water partition coefficient (Wildman–Crippen LogP) is 2.19. The van der Waals surface area contributed by atoms with Crippen molar-refractivity contribution in [2.24, 2.45) is 11.8 Å². The Balaban J connectivity index is 4.12. The summed E-state index contributed by atoms with van der Waals surface area (Å²) in [5.74, 6) is -0.455. The van der Waals surface area contributed by atoms with E-state index < -0.39 is 5.97 Å². The number of likely N-dealkylation sites (N-methyl/N-ethyl adjacent to an activating group) is 1. The zero-order valence-electron chi connectivity index (χ0n) is 13.9. The van der Waals surface area contributed by atoms with Crippen LogP contribution in [0, 0.1) is 11.8 Å². The SMILES string of the molecule is CC(C)C[C@H](CNC(=O)N(C)CCOC(C)C)CC(=O)O. The van der Waals surface area contributed by atoms with E-state index in [0.717, 1.165) is 6.42 Å². The molecule has 0 bridgehead atoms. The molecule has 6 nitrogen and oxygen atoms in total. The van der Waals surface area contributed by atoms with Gasteiger partial charge >= 0.3 is 12.0 Å². The van der Waals surface area contributed by atoms with Crippen molar-refractivity contribution < 1.29 is 19.4 Å². The molecule has 2 N–H and O–H groups in total. The van der Waals surface area contributed by atoms with E-state index in [1.807, 2.05) is 27.7 Å². The summed E-state index contributed by atoms with van der Waals surface area (Å²) in [6.07, 6.45) is 1.01. The minimum atomic E-state index is -0.825. The van der Waals surface area contributed by atoms with Crippen molar-refractivity contribution in [1.82, 2.24) is 10.2 Å². The first-order chi connectivity index (χ1) is 9.72. The number of carboxylic acids is 1. The van der Waals surface area contributed by atoms with Crippen molar-refractivity contribution in [1.29, 1.82) is 0 Å². The molecule has 0 aliphatic heterocycles. The molecule has 124 valence electrons. The van der Waals surface area contributed by atoms with Crippen molar-refractivity contribution in [2.75, 3.05) is 26.7 Å². The number of aliphatic carboxylic acids is 1. The third-order valence-electron chi connectivity index (χ3n) is 3.03. The molecule has 0 rings (SSSR count). The lowest BCUT2D eigenvalue weighted by atomic mass is 9.94. The number of amides is 2. The molecular formula is C15H30N2O4. The highest BCUT2D eigenvalue weighted by molar-refractivity contribution is 5.74. The molecule has 0 aromatic heterocycles. The second kappa shape index (κ2) is 10.4. The minimum Gasteiger partial charge on any atom is -0.481 e. The van der Waals surface area contributed by atoms with Crippen LogP contribution in [0.25, 0.3) is 0 Å². The standard InChI is InChI=1S/C15H30N2O4/c1-11(2)8-13(9-14(18)19)10-16-15(20)17(5)6-7-21-12(3)4/h11-13H,6-10H2,1-5H3,(H,16,20)(H,18,19)/t13-/m0/s1. The quantitative estimate of drug-likeness (QED) is 0.648. The monoisotopic (exact) mass is 302 g/mol. The van der Waals surface area contributed by atoms with E-state index in [-0.39, 0.29) is 24.5 Å². The highest BCUT2D eigenvalue weighted by atomic mass is 16.5. The number of rotatable bonds is 10. The smallest absolute Gasteiger partial charge is 0.317 e. The molecule has 0 saturated carbocycles. The van der Waals surface area contributed by atoms with Gasteiger partial charge in [-0.2, -0.15) is 0 Å². The van der Waals surface area contributed by atoms with Gasteiger partial charge in [-0.3, -0.25) is 4.79 Å². The number of nitrogens with one attached hydrogen (secondary N) is 1. The van der Waals surface area contributed by atoms with E-state index in [4.69, 9.17) is 9.84 Å². The first-order valence-corrected chi connectivity index (χ1v) is 7.54. The fourth-order valence-electron chi connectivity index (χ4n) is 2.05. The molecule has 2 amide bonds. The predicted molar refractivity (Wildman–Crippen MR) is 82.3 cm³/mol. The lowest BCUT2D eigenvalue weighted by molar-refractivity contribution is -0.138. The van der Waals surface area contributed by atoms with E-state index in [0.29, 0.717) is 25.6 Å². The molecule has 0 aromatic rings. The maximum atomic E-state index is 11.9. The van der Waals surface area contributed by atoms with Crippen LogP contribution in [-0.4, -0.2) is 54.9 Å². The Labute approximate surface area is 127 Å². The molecule has 1 atom stereocenters. The maximum Gasteiger partial charge on any atom is 0.317 e. The minimum absolute atomic E-state index is 0.0354. The first kappa shape index (κ1) is 19.7. The average molecular weight is 302 g/mol. The fourth-order valence-corrected chi connectivity index (χ4v) is 2.05. The van der Waals surface area contributed by atoms with Crippen LogP contribution < -0.4 is 5.32 Å². The molecular weight excluding hydrogens is 272 g/mol. The van der Waals surface area contributed by atoms with Gasteiger partial charge in [0.25, 0.3) is 0 Å². The topological polar surface area (TPSA) is 78.9 Å². The highest BCUT2D eigenvalue weighted by Gasteiger charge is 2.17. The Morgan fingerprint density at radius 2 is 1.86 bits per heavy atom. The zero-order valence-corrected chi connectivity index (χ0v) is 13.9. The fraction of sp³-hybridized carbons (Fsp3) is 0.867. The van der Waals surface area contributed by atoms with Crippen molar-refractivity contribution in [3.63, 3.8) is 0 Å². The second-order valence-corrected chi connectivity index (χ2v) is 6.12. The number of hydrogen-bond donors (Lipinski definition) is 2. The summed E-state index contributed by atoms with van der Waals surface area (Å²) in [5, 5.41) is 11.7. The largest absolute Gasteiger partial charge is 0.481 e. The van der Waals surface area contributed by atoms with Gasteiger partial charge in [-0.25, -0.2) is 4.79 Å². The Kier molecular flexibility index (Phi) is 9.78. The molecule has 0 aliphatic carbocycles. The highest BCUT2D eigenvalue weighted by Crippen LogP contribution is 2.14. The maximum absolute atomic E-state index is 11.9. The average Bonchev–Trinajstić information content (AvgIpc) is 2.33. The van der Waals surface area contributed by atoms with E-state index in [9.17, 15) is 9.59 Å². The Morgan fingerprint density at radius 3 is 2.33 bits per heavy atom. The van der Waals surface area contributed by atoms with Crippen LogP contribution in [0.4, 0.5) is 4.79 Å². The number of nitrogens with zero attached hydrogens (tertiary/aromatic N) is 1. The van der Waals surface area contributed by atoms with Crippen LogP contribution in [0.1, 0.15) is 40.5 Å². The van der Waals surface area contributed by atoms with Gasteiger partial charge < -0.3 is 20.1 Å². The number of hydrogen-bond acceptors (Lipinski definition) is 3. The molecule has 0 aromatic carbocycles. The summed E-state index contributed by atoms with van der Waals surface area (Å²) in [7, 11) is 1.70. The van der Waals surface area contributed by atoms with Gasteiger partial charge in [-0.05, 0) is 32.1 Å².